The van der Waals surface area contributed by atoms with Crippen LogP contribution >= 0.6 is 0 Å². The van der Waals surface area contributed by atoms with Crippen molar-refractivity contribution in [1.29, 1.82) is 5.26 Å². The molecule has 3 rings (SSSR count). The molecule has 0 saturated carbocycles. The Morgan fingerprint density at radius 2 is 1.77 bits per heavy atom. The summed E-state index contributed by atoms with van der Waals surface area (Å²) in [4.78, 5) is 25.0. The molecule has 0 bridgehead atoms. The fraction of sp³-hybridized carbons (Fsp3) is 0.136. The van der Waals surface area contributed by atoms with E-state index in [0.717, 1.165) is 0 Å². The van der Waals surface area contributed by atoms with Crippen molar-refractivity contribution >= 4 is 27.4 Å². The summed E-state index contributed by atoms with van der Waals surface area (Å²) in [5, 5.41) is 11.6. The minimum Gasteiger partial charge on any atom is -0.457 e. The van der Waals surface area contributed by atoms with Crippen LogP contribution in [0, 0.1) is 11.3 Å². The lowest BCUT2D eigenvalue weighted by molar-refractivity contribution is -0.123. The largest absolute Gasteiger partial charge is 0.457 e. The van der Waals surface area contributed by atoms with Crippen molar-refractivity contribution in [2.45, 2.75) is 23.7 Å². The van der Waals surface area contributed by atoms with Gasteiger partial charge in [-0.3, -0.25) is 4.79 Å². The average Bonchev–Trinajstić information content (AvgIpc) is 3.22. The van der Waals surface area contributed by atoms with Gasteiger partial charge in [0.25, 0.3) is 5.91 Å². The molecule has 8 nitrogen and oxygen atoms in total. The fourth-order valence-corrected chi connectivity index (χ4v) is 4.11. The maximum atomic E-state index is 12.6. The third kappa shape index (κ3) is 5.18. The van der Waals surface area contributed by atoms with E-state index in [9.17, 15) is 18.0 Å². The van der Waals surface area contributed by atoms with E-state index in [0.29, 0.717) is 0 Å². The van der Waals surface area contributed by atoms with Crippen LogP contribution in [0.3, 0.4) is 0 Å². The number of furan rings is 1. The molecule has 1 amide bonds. The smallest absolute Gasteiger partial charge is 0.375 e. The molecule has 1 aromatic heterocycles. The average molecular weight is 438 g/mol. The summed E-state index contributed by atoms with van der Waals surface area (Å²) in [5.41, 5.74) is 0.663. The number of hydrogen-bond acceptors (Lipinski definition) is 7. The van der Waals surface area contributed by atoms with Crippen molar-refractivity contribution in [3.63, 3.8) is 0 Å². The number of nitrogens with one attached hydrogen (secondary N) is 1. The monoisotopic (exact) mass is 438 g/mol. The second-order valence-corrected chi connectivity index (χ2v) is 8.53. The number of rotatable bonds is 7. The van der Waals surface area contributed by atoms with Gasteiger partial charge in [0.1, 0.15) is 6.07 Å². The van der Waals surface area contributed by atoms with E-state index in [1.165, 1.54) is 37.5 Å². The molecular weight excluding hydrogens is 420 g/mol. The first-order valence-electron chi connectivity index (χ1n) is 9.17. The van der Waals surface area contributed by atoms with Crippen molar-refractivity contribution in [3.05, 3.63) is 83.8 Å². The minimum atomic E-state index is -3.71. The Morgan fingerprint density at radius 3 is 2.48 bits per heavy atom. The van der Waals surface area contributed by atoms with Gasteiger partial charge < -0.3 is 14.5 Å². The molecule has 31 heavy (non-hydrogen) atoms. The Hall–Kier alpha value is -3.90. The highest BCUT2D eigenvalue weighted by Crippen LogP contribution is 2.21. The van der Waals surface area contributed by atoms with E-state index >= 15 is 0 Å². The number of hydrogen-bond donors (Lipinski definition) is 1. The molecule has 9 heteroatoms. The zero-order valence-electron chi connectivity index (χ0n) is 16.4. The van der Waals surface area contributed by atoms with E-state index in [1.807, 2.05) is 6.07 Å². The number of amides is 1. The highest BCUT2D eigenvalue weighted by molar-refractivity contribution is 7.90. The quantitative estimate of drug-likeness (QED) is 0.561. The van der Waals surface area contributed by atoms with Gasteiger partial charge in [-0.05, 0) is 37.3 Å². The second-order valence-electron chi connectivity index (χ2n) is 6.54. The molecule has 0 aliphatic carbocycles. The molecule has 0 radical (unpaired) electrons. The van der Waals surface area contributed by atoms with E-state index in [1.54, 1.807) is 36.4 Å². The first-order chi connectivity index (χ1) is 14.8. The standard InChI is InChI=1S/C22H18N2O6S/c1-15(21(25)24-19-10-6-5-7-16(19)13-23)30-22(26)20-17(11-12-29-20)14-31(27,28)18-8-3-2-4-9-18/h2-12,15H,14H2,1H3,(H,24,25). The van der Waals surface area contributed by atoms with Crippen molar-refractivity contribution in [2.24, 2.45) is 0 Å². The predicted molar refractivity (Wildman–Crippen MR) is 111 cm³/mol. The Kier molecular flexibility index (Phi) is 6.52. The van der Waals surface area contributed by atoms with Crippen LogP contribution in [0.5, 0.6) is 0 Å². The highest BCUT2D eigenvalue weighted by Gasteiger charge is 2.26. The number of carbonyl (C=O) groups excluding carboxylic acids is 2. The van der Waals surface area contributed by atoms with Gasteiger partial charge in [0.15, 0.2) is 15.9 Å². The number of nitrogens with zero attached hydrogens (tertiary/aromatic N) is 1. The maximum Gasteiger partial charge on any atom is 0.375 e. The van der Waals surface area contributed by atoms with Crippen LogP contribution in [-0.2, 0) is 25.1 Å². The van der Waals surface area contributed by atoms with Crippen molar-refractivity contribution < 1.29 is 27.2 Å². The SMILES string of the molecule is CC(OC(=O)c1occc1CS(=O)(=O)c1ccccc1)C(=O)Nc1ccccc1C#N. The molecule has 158 valence electrons. The summed E-state index contributed by atoms with van der Waals surface area (Å²) in [5.74, 6) is -2.38. The van der Waals surface area contributed by atoms with Crippen molar-refractivity contribution in [3.8, 4) is 6.07 Å². The number of ether oxygens (including phenoxy) is 1. The van der Waals surface area contributed by atoms with Crippen LogP contribution in [0.15, 0.2) is 76.2 Å². The summed E-state index contributed by atoms with van der Waals surface area (Å²) >= 11 is 0. The third-order valence-corrected chi connectivity index (χ3v) is 6.02. The van der Waals surface area contributed by atoms with Gasteiger partial charge in [0, 0.05) is 5.56 Å². The molecule has 0 spiro atoms. The van der Waals surface area contributed by atoms with Crippen LogP contribution < -0.4 is 5.32 Å². The first kappa shape index (κ1) is 21.8. The Balaban J connectivity index is 1.70. The van der Waals surface area contributed by atoms with Gasteiger partial charge >= 0.3 is 5.97 Å². The van der Waals surface area contributed by atoms with Crippen LogP contribution in [-0.4, -0.2) is 26.4 Å². The first-order valence-corrected chi connectivity index (χ1v) is 10.8. The minimum absolute atomic E-state index is 0.111. The topological polar surface area (TPSA) is 126 Å². The van der Waals surface area contributed by atoms with Gasteiger partial charge in [0.2, 0.25) is 5.76 Å². The predicted octanol–water partition coefficient (Wildman–Crippen LogP) is 3.31. The molecule has 0 saturated heterocycles. The van der Waals surface area contributed by atoms with Gasteiger partial charge in [0.05, 0.1) is 28.2 Å². The van der Waals surface area contributed by atoms with E-state index in [-0.39, 0.29) is 27.5 Å². The molecule has 2 aromatic carbocycles. The van der Waals surface area contributed by atoms with Crippen LogP contribution in [0.2, 0.25) is 0 Å². The number of para-hydroxylation sites is 1. The van der Waals surface area contributed by atoms with E-state index in [4.69, 9.17) is 14.4 Å². The summed E-state index contributed by atoms with van der Waals surface area (Å²) in [6.07, 6.45) is -0.0386. The molecular formula is C22H18N2O6S. The Labute approximate surface area is 179 Å². The molecule has 0 aliphatic heterocycles. The number of esters is 1. The molecule has 0 fully saturated rings. The zero-order chi connectivity index (χ0) is 22.4. The highest BCUT2D eigenvalue weighted by atomic mass is 32.2. The normalized spacial score (nSPS) is 11.9. The van der Waals surface area contributed by atoms with Gasteiger partial charge in [-0.25, -0.2) is 13.2 Å². The number of anilines is 1. The number of carbonyl (C=O) groups is 2. The Bertz CT molecular complexity index is 1240. The molecule has 0 aliphatic rings. The van der Waals surface area contributed by atoms with Crippen LogP contribution in [0.4, 0.5) is 5.69 Å². The molecule has 1 heterocycles. The van der Waals surface area contributed by atoms with E-state index in [2.05, 4.69) is 5.32 Å². The number of nitriles is 1. The number of benzene rings is 2. The van der Waals surface area contributed by atoms with E-state index < -0.39 is 33.6 Å². The lowest BCUT2D eigenvalue weighted by Gasteiger charge is -2.14. The molecule has 1 atom stereocenters. The third-order valence-electron chi connectivity index (χ3n) is 4.34. The van der Waals surface area contributed by atoms with Gasteiger partial charge in [-0.15, -0.1) is 0 Å². The number of sulfone groups is 1. The van der Waals surface area contributed by atoms with Gasteiger partial charge in [-0.1, -0.05) is 30.3 Å². The summed E-state index contributed by atoms with van der Waals surface area (Å²) in [6.45, 7) is 1.35. The second kappa shape index (κ2) is 9.28. The van der Waals surface area contributed by atoms with Gasteiger partial charge in [-0.2, -0.15) is 5.26 Å². The van der Waals surface area contributed by atoms with Crippen LogP contribution in [0.1, 0.15) is 28.6 Å². The molecule has 3 aromatic rings. The summed E-state index contributed by atoms with van der Waals surface area (Å²) < 4.78 is 35.4. The summed E-state index contributed by atoms with van der Waals surface area (Å²) in [6, 6.07) is 17.5. The van der Waals surface area contributed by atoms with Crippen molar-refractivity contribution in [2.75, 3.05) is 5.32 Å². The summed E-state index contributed by atoms with van der Waals surface area (Å²) in [7, 11) is -3.71. The van der Waals surface area contributed by atoms with Crippen LogP contribution in [0.25, 0.3) is 0 Å². The molecule has 1 unspecified atom stereocenters. The lowest BCUT2D eigenvalue weighted by atomic mass is 10.2. The lowest BCUT2D eigenvalue weighted by Crippen LogP contribution is -2.30. The fourth-order valence-electron chi connectivity index (χ4n) is 2.74. The van der Waals surface area contributed by atoms with Crippen molar-refractivity contribution in [1.82, 2.24) is 0 Å². The zero-order valence-corrected chi connectivity index (χ0v) is 17.3. The maximum absolute atomic E-state index is 12.6. The molecule has 1 N–H and O–H groups in total. The Morgan fingerprint density at radius 1 is 1.10 bits per heavy atom.